The summed E-state index contributed by atoms with van der Waals surface area (Å²) >= 11 is 1.59. The van der Waals surface area contributed by atoms with Gasteiger partial charge in [-0.05, 0) is 151 Å². The van der Waals surface area contributed by atoms with Gasteiger partial charge in [0.15, 0.2) is 9.84 Å². The summed E-state index contributed by atoms with van der Waals surface area (Å²) in [6.07, 6.45) is 12.4. The van der Waals surface area contributed by atoms with E-state index in [4.69, 9.17) is 0 Å². The molecule has 6 aliphatic rings. The Balaban J connectivity index is 1.10. The lowest BCUT2D eigenvalue weighted by Crippen LogP contribution is -2.68. The molecule has 55 heavy (non-hydrogen) atoms. The summed E-state index contributed by atoms with van der Waals surface area (Å²) in [6.45, 7) is 20.3. The number of sulfone groups is 1. The standard InChI is InChI=1S/C46H62N2O5S2/c1-29(2)32-16-21-46(47-40(49)39(35-9-8-26-54-35)48-24-27-55(52,53)28-25-48)23-22-44(6)34(38(32)46)14-15-37-43(5)19-17-33(30-10-12-31(13-11-30)41(50)51)42(3,4)36(43)18-20-45(37,44)7/h8-13,17,26,32,34,36-39H,1,14-16,18-25,27-28H2,2-7H3,(H,47,49)(H,50,51)/t32-,34+,36-,37+,38+,39?,43-,44+,45+,46-/m0/s1. The van der Waals surface area contributed by atoms with E-state index in [9.17, 15) is 23.1 Å². The molecular formula is C46H62N2O5S2. The third kappa shape index (κ3) is 5.97. The van der Waals surface area contributed by atoms with Gasteiger partial charge in [0.05, 0.1) is 17.1 Å². The van der Waals surface area contributed by atoms with E-state index in [0.717, 1.165) is 49.0 Å². The van der Waals surface area contributed by atoms with Gasteiger partial charge < -0.3 is 10.4 Å². The first-order chi connectivity index (χ1) is 25.9. The lowest BCUT2D eigenvalue weighted by molar-refractivity contribution is -0.219. The number of carbonyl (C=O) groups is 2. The van der Waals surface area contributed by atoms with E-state index in [-0.39, 0.29) is 44.6 Å². The third-order valence-electron chi connectivity index (χ3n) is 17.3. The second-order valence-corrected chi connectivity index (χ2v) is 23.1. The van der Waals surface area contributed by atoms with Crippen molar-refractivity contribution in [3.8, 4) is 0 Å². The highest BCUT2D eigenvalue weighted by Crippen LogP contribution is 2.76. The molecule has 0 bridgehead atoms. The summed E-state index contributed by atoms with van der Waals surface area (Å²) < 4.78 is 24.8. The number of hydrogen-bond acceptors (Lipinski definition) is 6. The van der Waals surface area contributed by atoms with E-state index in [0.29, 0.717) is 48.2 Å². The van der Waals surface area contributed by atoms with Crippen molar-refractivity contribution in [1.29, 1.82) is 0 Å². The number of nitrogens with zero attached hydrogens (tertiary/aromatic N) is 1. The van der Waals surface area contributed by atoms with Gasteiger partial charge in [-0.15, -0.1) is 11.3 Å². The average molecular weight is 787 g/mol. The molecule has 0 radical (unpaired) electrons. The lowest BCUT2D eigenvalue weighted by Gasteiger charge is -2.72. The van der Waals surface area contributed by atoms with E-state index in [1.54, 1.807) is 23.5 Å². The minimum atomic E-state index is -3.08. The monoisotopic (exact) mass is 786 g/mol. The van der Waals surface area contributed by atoms with Crippen molar-refractivity contribution in [3.05, 3.63) is 76.0 Å². The quantitative estimate of drug-likeness (QED) is 0.271. The van der Waals surface area contributed by atoms with E-state index < -0.39 is 21.8 Å². The molecule has 4 saturated carbocycles. The second kappa shape index (κ2) is 13.4. The number of aromatic carboxylic acids is 1. The molecule has 7 nitrogen and oxygen atoms in total. The number of fused-ring (bicyclic) bond motifs is 7. The summed E-state index contributed by atoms with van der Waals surface area (Å²) in [5.41, 5.74) is 4.16. The molecule has 298 valence electrons. The Bertz CT molecular complexity index is 1990. The van der Waals surface area contributed by atoms with Crippen LogP contribution in [-0.2, 0) is 14.6 Å². The van der Waals surface area contributed by atoms with Crippen LogP contribution in [0.5, 0.6) is 0 Å². The molecule has 10 atom stereocenters. The van der Waals surface area contributed by atoms with Crippen LogP contribution in [0.25, 0.3) is 5.57 Å². The fourth-order valence-corrected chi connectivity index (χ4v) is 16.6. The summed E-state index contributed by atoms with van der Waals surface area (Å²) in [5, 5.41) is 15.4. The van der Waals surface area contributed by atoms with Crippen molar-refractivity contribution in [1.82, 2.24) is 10.2 Å². The molecule has 1 aromatic carbocycles. The first-order valence-electron chi connectivity index (χ1n) is 20.9. The van der Waals surface area contributed by atoms with E-state index in [1.165, 1.54) is 30.4 Å². The van der Waals surface area contributed by atoms with Crippen molar-refractivity contribution < 1.29 is 23.1 Å². The minimum Gasteiger partial charge on any atom is -0.478 e. The summed E-state index contributed by atoms with van der Waals surface area (Å²) in [6, 6.07) is 11.1. The molecule has 8 rings (SSSR count). The summed E-state index contributed by atoms with van der Waals surface area (Å²) in [7, 11) is -3.08. The molecule has 1 aromatic heterocycles. The zero-order valence-corrected chi connectivity index (χ0v) is 35.5. The van der Waals surface area contributed by atoms with Crippen LogP contribution < -0.4 is 5.32 Å². The van der Waals surface area contributed by atoms with Crippen molar-refractivity contribution in [2.45, 2.75) is 111 Å². The molecule has 2 N–H and O–H groups in total. The number of amides is 1. The molecule has 0 spiro atoms. The van der Waals surface area contributed by atoms with Crippen LogP contribution in [0, 0.1) is 51.2 Å². The molecule has 5 fully saturated rings. The van der Waals surface area contributed by atoms with Crippen molar-refractivity contribution in [2.75, 3.05) is 24.6 Å². The number of benzene rings is 1. The molecule has 1 aliphatic heterocycles. The van der Waals surface area contributed by atoms with Gasteiger partial charge >= 0.3 is 5.97 Å². The lowest BCUT2D eigenvalue weighted by atomic mass is 9.33. The number of allylic oxidation sites excluding steroid dienone is 3. The fraction of sp³-hybridized carbons (Fsp3) is 0.652. The normalized spacial score (nSPS) is 39.7. The molecule has 9 heteroatoms. The van der Waals surface area contributed by atoms with Gasteiger partial charge in [0, 0.05) is 23.5 Å². The van der Waals surface area contributed by atoms with Crippen molar-refractivity contribution in [3.63, 3.8) is 0 Å². The van der Waals surface area contributed by atoms with Crippen LogP contribution in [0.1, 0.15) is 126 Å². The number of carboxylic acids is 1. The molecule has 1 amide bonds. The van der Waals surface area contributed by atoms with E-state index in [2.05, 4.69) is 64.4 Å². The van der Waals surface area contributed by atoms with Gasteiger partial charge in [-0.2, -0.15) is 0 Å². The van der Waals surface area contributed by atoms with Gasteiger partial charge in [-0.25, -0.2) is 13.2 Å². The van der Waals surface area contributed by atoms with Crippen molar-refractivity contribution >= 4 is 38.6 Å². The minimum absolute atomic E-state index is 0.0373. The molecule has 1 unspecified atom stereocenters. The highest BCUT2D eigenvalue weighted by atomic mass is 32.2. The van der Waals surface area contributed by atoms with Gasteiger partial charge in [0.2, 0.25) is 5.91 Å². The Morgan fingerprint density at radius 2 is 1.62 bits per heavy atom. The predicted molar refractivity (Wildman–Crippen MR) is 221 cm³/mol. The second-order valence-electron chi connectivity index (χ2n) is 19.9. The van der Waals surface area contributed by atoms with Crippen LogP contribution in [0.2, 0.25) is 0 Å². The number of hydrogen-bond donors (Lipinski definition) is 2. The molecule has 5 aliphatic carbocycles. The first kappa shape index (κ1) is 39.1. The van der Waals surface area contributed by atoms with Crippen LogP contribution in [0.3, 0.4) is 0 Å². The van der Waals surface area contributed by atoms with Crippen LogP contribution in [0.15, 0.2) is 60.0 Å². The SMILES string of the molecule is C=C(C)[C@@H]1CC[C@]2(NC(=O)C(c3cccs3)N3CCS(=O)(=O)CC3)CC[C@]3(C)[C@H](CC[C@@H]4[C@@]5(C)CC=C(c6ccc(C(=O)O)cc6)C(C)(C)[C@@H]5CC[C@]43C)[C@@H]12. The number of rotatable bonds is 7. The first-order valence-corrected chi connectivity index (χ1v) is 23.6. The Kier molecular flexibility index (Phi) is 9.53. The molecule has 1 saturated heterocycles. The highest BCUT2D eigenvalue weighted by Gasteiger charge is 2.70. The topological polar surface area (TPSA) is 104 Å². The number of thiophene rings is 1. The summed E-state index contributed by atoms with van der Waals surface area (Å²) in [4.78, 5) is 29.5. The average Bonchev–Trinajstić information content (AvgIpc) is 3.78. The predicted octanol–water partition coefficient (Wildman–Crippen LogP) is 9.44. The zero-order chi connectivity index (χ0) is 39.3. The zero-order valence-electron chi connectivity index (χ0n) is 33.8. The molecule has 2 heterocycles. The van der Waals surface area contributed by atoms with E-state index in [1.807, 2.05) is 29.6 Å². The van der Waals surface area contributed by atoms with Crippen LogP contribution >= 0.6 is 11.3 Å². The maximum atomic E-state index is 14.8. The molecule has 2 aromatic rings. The van der Waals surface area contributed by atoms with Gasteiger partial charge in [-0.1, -0.05) is 71.0 Å². The Labute approximate surface area is 333 Å². The number of nitrogens with one attached hydrogen (secondary N) is 1. The fourth-order valence-electron chi connectivity index (χ4n) is 14.5. The number of carbonyl (C=O) groups excluding carboxylic acids is 1. The van der Waals surface area contributed by atoms with Gasteiger partial charge in [-0.3, -0.25) is 9.69 Å². The Morgan fingerprint density at radius 1 is 0.909 bits per heavy atom. The van der Waals surface area contributed by atoms with Crippen LogP contribution in [0.4, 0.5) is 0 Å². The third-order valence-corrected chi connectivity index (χ3v) is 19.8. The van der Waals surface area contributed by atoms with Gasteiger partial charge in [0.1, 0.15) is 6.04 Å². The van der Waals surface area contributed by atoms with Crippen molar-refractivity contribution in [2.24, 2.45) is 51.2 Å². The van der Waals surface area contributed by atoms with Crippen LogP contribution in [-0.4, -0.2) is 60.4 Å². The summed E-state index contributed by atoms with van der Waals surface area (Å²) in [5.74, 6) is 1.61. The Hall–Kier alpha value is -2.75. The van der Waals surface area contributed by atoms with Gasteiger partial charge in [0.25, 0.3) is 0 Å². The molecular weight excluding hydrogens is 725 g/mol. The Morgan fingerprint density at radius 3 is 2.25 bits per heavy atom. The number of carboxylic acid groups (broad SMARTS) is 1. The largest absolute Gasteiger partial charge is 0.478 e. The van der Waals surface area contributed by atoms with E-state index >= 15 is 0 Å². The maximum Gasteiger partial charge on any atom is 0.335 e. The highest BCUT2D eigenvalue weighted by molar-refractivity contribution is 7.91. The maximum absolute atomic E-state index is 14.8. The smallest absolute Gasteiger partial charge is 0.335 e.